The second-order valence-electron chi connectivity index (χ2n) is 4.16. The molecule has 2 rings (SSSR count). The topological polar surface area (TPSA) is 69.6 Å². The summed E-state index contributed by atoms with van der Waals surface area (Å²) in [4.78, 5) is 12.0. The highest BCUT2D eigenvalue weighted by Gasteiger charge is 2.09. The van der Waals surface area contributed by atoms with Crippen LogP contribution in [-0.2, 0) is 6.54 Å². The molecule has 19 heavy (non-hydrogen) atoms. The van der Waals surface area contributed by atoms with Gasteiger partial charge < -0.3 is 0 Å². The molecule has 0 atom stereocenters. The Balaban J connectivity index is 2.68. The third kappa shape index (κ3) is 2.38. The summed E-state index contributed by atoms with van der Waals surface area (Å²) >= 11 is 0. The van der Waals surface area contributed by atoms with Gasteiger partial charge in [-0.15, -0.1) is 0 Å². The van der Waals surface area contributed by atoms with Crippen molar-refractivity contribution < 1.29 is 0 Å². The first kappa shape index (κ1) is 12.6. The van der Waals surface area contributed by atoms with E-state index >= 15 is 0 Å². The molecule has 0 saturated heterocycles. The minimum atomic E-state index is -0.429. The summed E-state index contributed by atoms with van der Waals surface area (Å²) < 4.78 is 1.32. The fraction of sp³-hybridized carbons (Fsp3) is 0.133. The van der Waals surface area contributed by atoms with Crippen molar-refractivity contribution in [2.45, 2.75) is 13.5 Å². The highest BCUT2D eigenvalue weighted by atomic mass is 16.1. The van der Waals surface area contributed by atoms with Crippen molar-refractivity contribution in [3.63, 3.8) is 0 Å². The summed E-state index contributed by atoms with van der Waals surface area (Å²) in [7, 11) is 0. The Morgan fingerprint density at radius 1 is 1.11 bits per heavy atom. The zero-order valence-electron chi connectivity index (χ0n) is 10.4. The molecule has 0 unspecified atom stereocenters. The maximum atomic E-state index is 12.0. The summed E-state index contributed by atoms with van der Waals surface area (Å²) in [5.41, 5.74) is 2.23. The van der Waals surface area contributed by atoms with Crippen molar-refractivity contribution in [2.75, 3.05) is 0 Å². The Labute approximate surface area is 110 Å². The molecular weight excluding hydrogens is 238 g/mol. The SMILES string of the molecule is Cc1ccc(-c2ccc(C#N)c(=O)n2CC#N)cc1. The molecular formula is C15H11N3O. The van der Waals surface area contributed by atoms with Crippen LogP contribution >= 0.6 is 0 Å². The lowest BCUT2D eigenvalue weighted by Gasteiger charge is -2.10. The van der Waals surface area contributed by atoms with E-state index in [4.69, 9.17) is 10.5 Å². The number of aromatic nitrogens is 1. The van der Waals surface area contributed by atoms with Crippen LogP contribution in [0.1, 0.15) is 11.1 Å². The van der Waals surface area contributed by atoms with Crippen LogP contribution in [0, 0.1) is 29.6 Å². The molecule has 0 N–H and O–H groups in total. The van der Waals surface area contributed by atoms with E-state index in [9.17, 15) is 4.79 Å². The third-order valence-electron chi connectivity index (χ3n) is 2.87. The molecule has 0 saturated carbocycles. The molecule has 0 fully saturated rings. The molecule has 0 aliphatic heterocycles. The maximum absolute atomic E-state index is 12.0. The molecule has 92 valence electrons. The van der Waals surface area contributed by atoms with E-state index in [2.05, 4.69) is 0 Å². The zero-order valence-corrected chi connectivity index (χ0v) is 10.4. The van der Waals surface area contributed by atoms with Crippen molar-refractivity contribution in [1.29, 1.82) is 10.5 Å². The lowest BCUT2D eigenvalue weighted by molar-refractivity contribution is 0.794. The van der Waals surface area contributed by atoms with Gasteiger partial charge in [0, 0.05) is 0 Å². The summed E-state index contributed by atoms with van der Waals surface area (Å²) in [5.74, 6) is 0. The fourth-order valence-electron chi connectivity index (χ4n) is 1.87. The van der Waals surface area contributed by atoms with Gasteiger partial charge in [-0.05, 0) is 24.6 Å². The Morgan fingerprint density at radius 3 is 2.37 bits per heavy atom. The molecule has 0 aliphatic rings. The van der Waals surface area contributed by atoms with E-state index < -0.39 is 5.56 Å². The van der Waals surface area contributed by atoms with Gasteiger partial charge in [0.25, 0.3) is 5.56 Å². The predicted molar refractivity (Wildman–Crippen MR) is 71.2 cm³/mol. The van der Waals surface area contributed by atoms with E-state index in [0.29, 0.717) is 5.69 Å². The Morgan fingerprint density at radius 2 is 1.79 bits per heavy atom. The lowest BCUT2D eigenvalue weighted by Crippen LogP contribution is -2.23. The van der Waals surface area contributed by atoms with Gasteiger partial charge in [-0.2, -0.15) is 10.5 Å². The van der Waals surface area contributed by atoms with E-state index in [0.717, 1.165) is 11.1 Å². The highest BCUT2D eigenvalue weighted by molar-refractivity contribution is 5.60. The molecule has 1 heterocycles. The molecule has 1 aromatic carbocycles. The first-order valence-electron chi connectivity index (χ1n) is 5.75. The molecule has 1 aromatic heterocycles. The lowest BCUT2D eigenvalue weighted by atomic mass is 10.1. The zero-order chi connectivity index (χ0) is 13.8. The van der Waals surface area contributed by atoms with Crippen LogP contribution in [0.4, 0.5) is 0 Å². The minimum absolute atomic E-state index is 0.0473. The van der Waals surface area contributed by atoms with Gasteiger partial charge in [0.05, 0.1) is 11.8 Å². The molecule has 2 aromatic rings. The normalized spacial score (nSPS) is 9.63. The molecule has 4 heteroatoms. The van der Waals surface area contributed by atoms with Crippen molar-refractivity contribution in [3.05, 3.63) is 57.9 Å². The van der Waals surface area contributed by atoms with Crippen LogP contribution in [0.3, 0.4) is 0 Å². The Bertz CT molecular complexity index is 743. The smallest absolute Gasteiger partial charge is 0.269 e. The average molecular weight is 249 g/mol. The average Bonchev–Trinajstić information content (AvgIpc) is 2.42. The Hall–Kier alpha value is -2.85. The summed E-state index contributed by atoms with van der Waals surface area (Å²) in [6.07, 6.45) is 0. The number of aryl methyl sites for hydroxylation is 1. The van der Waals surface area contributed by atoms with Crippen molar-refractivity contribution in [3.8, 4) is 23.4 Å². The first-order valence-corrected chi connectivity index (χ1v) is 5.75. The van der Waals surface area contributed by atoms with E-state index in [1.165, 1.54) is 10.6 Å². The molecule has 0 aliphatic carbocycles. The third-order valence-corrected chi connectivity index (χ3v) is 2.87. The number of benzene rings is 1. The molecule has 4 nitrogen and oxygen atoms in total. The van der Waals surface area contributed by atoms with E-state index in [1.807, 2.05) is 43.3 Å². The van der Waals surface area contributed by atoms with Crippen molar-refractivity contribution in [2.24, 2.45) is 0 Å². The number of pyridine rings is 1. The predicted octanol–water partition coefficient (Wildman–Crippen LogP) is 2.22. The second kappa shape index (κ2) is 5.20. The maximum Gasteiger partial charge on any atom is 0.269 e. The summed E-state index contributed by atoms with van der Waals surface area (Å²) in [6, 6.07) is 14.6. The van der Waals surface area contributed by atoms with Crippen LogP contribution in [0.2, 0.25) is 0 Å². The van der Waals surface area contributed by atoms with Crippen LogP contribution in [0.25, 0.3) is 11.3 Å². The standard InChI is InChI=1S/C15H11N3O/c1-11-2-4-12(5-3-11)14-7-6-13(10-17)15(19)18(14)9-8-16/h2-7H,9H2,1H3. The first-order chi connectivity index (χ1) is 9.17. The number of hydrogen-bond donors (Lipinski definition) is 0. The van der Waals surface area contributed by atoms with Gasteiger partial charge in [-0.25, -0.2) is 0 Å². The van der Waals surface area contributed by atoms with Gasteiger partial charge in [-0.1, -0.05) is 29.8 Å². The monoisotopic (exact) mass is 249 g/mol. The van der Waals surface area contributed by atoms with Crippen molar-refractivity contribution in [1.82, 2.24) is 4.57 Å². The highest BCUT2D eigenvalue weighted by Crippen LogP contribution is 2.18. The Kier molecular flexibility index (Phi) is 3.45. The van der Waals surface area contributed by atoms with Crippen LogP contribution in [0.5, 0.6) is 0 Å². The van der Waals surface area contributed by atoms with Gasteiger partial charge in [0.2, 0.25) is 0 Å². The minimum Gasteiger partial charge on any atom is -0.293 e. The molecule has 0 radical (unpaired) electrons. The van der Waals surface area contributed by atoms with Gasteiger partial charge >= 0.3 is 0 Å². The van der Waals surface area contributed by atoms with E-state index in [1.54, 1.807) is 6.07 Å². The van der Waals surface area contributed by atoms with Crippen LogP contribution < -0.4 is 5.56 Å². The van der Waals surface area contributed by atoms with Crippen molar-refractivity contribution >= 4 is 0 Å². The van der Waals surface area contributed by atoms with Gasteiger partial charge in [0.15, 0.2) is 0 Å². The molecule has 0 spiro atoms. The van der Waals surface area contributed by atoms with Crippen LogP contribution in [-0.4, -0.2) is 4.57 Å². The number of hydrogen-bond acceptors (Lipinski definition) is 3. The number of rotatable bonds is 2. The largest absolute Gasteiger partial charge is 0.293 e. The quantitative estimate of drug-likeness (QED) is 0.819. The number of nitriles is 2. The van der Waals surface area contributed by atoms with E-state index in [-0.39, 0.29) is 12.1 Å². The summed E-state index contributed by atoms with van der Waals surface area (Å²) in [6.45, 7) is 1.91. The molecule has 0 amide bonds. The van der Waals surface area contributed by atoms with Gasteiger partial charge in [0.1, 0.15) is 18.2 Å². The van der Waals surface area contributed by atoms with Crippen LogP contribution in [0.15, 0.2) is 41.2 Å². The molecule has 0 bridgehead atoms. The number of nitrogens with zero attached hydrogens (tertiary/aromatic N) is 3. The van der Waals surface area contributed by atoms with Gasteiger partial charge in [-0.3, -0.25) is 9.36 Å². The second-order valence-corrected chi connectivity index (χ2v) is 4.16. The summed E-state index contributed by atoms with van der Waals surface area (Å²) in [5, 5.41) is 17.7. The fourth-order valence-corrected chi connectivity index (χ4v) is 1.87.